The molecule has 2 aromatic heterocycles. The lowest BCUT2D eigenvalue weighted by Crippen LogP contribution is -2.45. The molecule has 2 atom stereocenters. The number of phenols is 1. The van der Waals surface area contributed by atoms with Crippen LogP contribution in [0.2, 0.25) is 25.7 Å². The van der Waals surface area contributed by atoms with Gasteiger partial charge in [-0.05, 0) is 38.1 Å². The molecule has 0 amide bonds. The van der Waals surface area contributed by atoms with Crippen molar-refractivity contribution in [2.45, 2.75) is 58.5 Å². The SMILES string of the molecule is CC1CN(c2cc(-c3c4cc(O)ccc4nn3COCC[Si](C)(C)C)ncn2)C[C@@H](C)O1. The maximum Gasteiger partial charge on any atom is 0.140 e. The third-order valence-corrected chi connectivity index (χ3v) is 7.27. The summed E-state index contributed by atoms with van der Waals surface area (Å²) in [5, 5.41) is 15.7. The lowest BCUT2D eigenvalue weighted by atomic mass is 10.1. The molecule has 3 aromatic rings. The number of rotatable bonds is 7. The highest BCUT2D eigenvalue weighted by atomic mass is 28.3. The van der Waals surface area contributed by atoms with Gasteiger partial charge in [0.2, 0.25) is 0 Å². The van der Waals surface area contributed by atoms with E-state index in [1.54, 1.807) is 18.5 Å². The molecular weight excluding hydrogens is 422 g/mol. The van der Waals surface area contributed by atoms with Crippen LogP contribution in [-0.4, -0.2) is 64.8 Å². The van der Waals surface area contributed by atoms with E-state index in [1.165, 1.54) is 0 Å². The fraction of sp³-hybridized carbons (Fsp3) is 0.522. The average Bonchev–Trinajstić information content (AvgIpc) is 3.07. The van der Waals surface area contributed by atoms with Gasteiger partial charge >= 0.3 is 0 Å². The van der Waals surface area contributed by atoms with Gasteiger partial charge in [-0.25, -0.2) is 14.6 Å². The number of hydrogen-bond donors (Lipinski definition) is 1. The van der Waals surface area contributed by atoms with Crippen LogP contribution in [0, 0.1) is 0 Å². The Morgan fingerprint density at radius 2 is 1.88 bits per heavy atom. The molecule has 32 heavy (non-hydrogen) atoms. The number of aromatic hydroxyl groups is 1. The highest BCUT2D eigenvalue weighted by Gasteiger charge is 2.24. The second-order valence-electron chi connectivity index (χ2n) is 9.82. The summed E-state index contributed by atoms with van der Waals surface area (Å²) < 4.78 is 13.7. The van der Waals surface area contributed by atoms with Gasteiger partial charge in [-0.1, -0.05) is 19.6 Å². The van der Waals surface area contributed by atoms with Gasteiger partial charge in [0.25, 0.3) is 0 Å². The second-order valence-corrected chi connectivity index (χ2v) is 15.4. The Kier molecular flexibility index (Phi) is 6.50. The van der Waals surface area contributed by atoms with E-state index in [0.717, 1.165) is 47.2 Å². The number of fused-ring (bicyclic) bond motifs is 1. The van der Waals surface area contributed by atoms with Crippen LogP contribution in [0.1, 0.15) is 13.8 Å². The number of benzene rings is 1. The Morgan fingerprint density at radius 3 is 2.59 bits per heavy atom. The summed E-state index contributed by atoms with van der Waals surface area (Å²) in [7, 11) is -1.17. The molecule has 1 aliphatic heterocycles. The quantitative estimate of drug-likeness (QED) is 0.423. The summed E-state index contributed by atoms with van der Waals surface area (Å²) in [6, 6.07) is 8.29. The van der Waals surface area contributed by atoms with Crippen molar-refractivity contribution < 1.29 is 14.6 Å². The van der Waals surface area contributed by atoms with Gasteiger partial charge in [0, 0.05) is 39.2 Å². The molecule has 1 unspecified atom stereocenters. The van der Waals surface area contributed by atoms with Crippen LogP contribution in [0.15, 0.2) is 30.6 Å². The second kappa shape index (κ2) is 9.17. The van der Waals surface area contributed by atoms with Crippen LogP contribution in [0.25, 0.3) is 22.3 Å². The summed E-state index contributed by atoms with van der Waals surface area (Å²) in [4.78, 5) is 11.3. The monoisotopic (exact) mass is 455 g/mol. The predicted molar refractivity (Wildman–Crippen MR) is 129 cm³/mol. The maximum atomic E-state index is 10.1. The fourth-order valence-electron chi connectivity index (χ4n) is 4.03. The van der Waals surface area contributed by atoms with Crippen molar-refractivity contribution in [3.8, 4) is 17.1 Å². The molecule has 1 N–H and O–H groups in total. The third-order valence-electron chi connectivity index (χ3n) is 5.57. The van der Waals surface area contributed by atoms with Crippen molar-refractivity contribution >= 4 is 24.8 Å². The van der Waals surface area contributed by atoms with E-state index in [0.29, 0.717) is 13.3 Å². The summed E-state index contributed by atoms with van der Waals surface area (Å²) in [6.07, 6.45) is 1.87. The standard InChI is InChI=1S/C23H33N5O3Si/c1-16-12-27(13-17(2)31-16)22-11-21(24-14-25-22)23-19-10-18(29)6-7-20(19)26-28(23)15-30-8-9-32(3,4)5/h6-7,10-11,14,16-17,29H,8-9,12-13,15H2,1-5H3/t16-,17?/m1/s1. The Balaban J connectivity index is 1.67. The molecule has 9 heteroatoms. The largest absolute Gasteiger partial charge is 0.508 e. The van der Waals surface area contributed by atoms with Crippen LogP contribution in [0.5, 0.6) is 5.75 Å². The van der Waals surface area contributed by atoms with Crippen LogP contribution in [0.3, 0.4) is 0 Å². The van der Waals surface area contributed by atoms with Crippen molar-refractivity contribution in [3.05, 3.63) is 30.6 Å². The summed E-state index contributed by atoms with van der Waals surface area (Å²) in [6.45, 7) is 13.8. The number of ether oxygens (including phenoxy) is 2. The van der Waals surface area contributed by atoms with Gasteiger partial charge in [0.1, 0.15) is 24.6 Å². The lowest BCUT2D eigenvalue weighted by Gasteiger charge is -2.36. The van der Waals surface area contributed by atoms with Crippen LogP contribution in [-0.2, 0) is 16.2 Å². The van der Waals surface area contributed by atoms with Crippen LogP contribution >= 0.6 is 0 Å². The molecule has 4 rings (SSSR count). The van der Waals surface area contributed by atoms with Crippen molar-refractivity contribution in [3.63, 3.8) is 0 Å². The number of hydrogen-bond acceptors (Lipinski definition) is 7. The molecule has 8 nitrogen and oxygen atoms in total. The molecule has 0 bridgehead atoms. The summed E-state index contributed by atoms with van der Waals surface area (Å²) in [5.74, 6) is 1.06. The van der Waals surface area contributed by atoms with Crippen LogP contribution in [0.4, 0.5) is 5.82 Å². The molecular formula is C23H33N5O3Si. The lowest BCUT2D eigenvalue weighted by molar-refractivity contribution is -0.00546. The molecule has 0 spiro atoms. The Morgan fingerprint density at radius 1 is 1.12 bits per heavy atom. The highest BCUT2D eigenvalue weighted by molar-refractivity contribution is 6.76. The first kappa shape index (κ1) is 22.7. The van der Waals surface area contributed by atoms with Crippen LogP contribution < -0.4 is 4.90 Å². The van der Waals surface area contributed by atoms with Crippen molar-refractivity contribution in [2.75, 3.05) is 24.6 Å². The van der Waals surface area contributed by atoms with E-state index in [2.05, 4.69) is 48.4 Å². The van der Waals surface area contributed by atoms with E-state index >= 15 is 0 Å². The zero-order chi connectivity index (χ0) is 22.9. The van der Waals surface area contributed by atoms with Gasteiger partial charge in [0.05, 0.1) is 29.1 Å². The molecule has 3 heterocycles. The molecule has 0 saturated carbocycles. The van der Waals surface area contributed by atoms with E-state index in [4.69, 9.17) is 14.6 Å². The summed E-state index contributed by atoms with van der Waals surface area (Å²) >= 11 is 0. The van der Waals surface area contributed by atoms with Crippen molar-refractivity contribution in [2.24, 2.45) is 0 Å². The van der Waals surface area contributed by atoms with E-state index in [-0.39, 0.29) is 18.0 Å². The first-order valence-corrected chi connectivity index (χ1v) is 14.9. The van der Waals surface area contributed by atoms with Crippen molar-refractivity contribution in [1.82, 2.24) is 19.7 Å². The van der Waals surface area contributed by atoms with Gasteiger partial charge in [0.15, 0.2) is 0 Å². The molecule has 172 valence electrons. The molecule has 1 aromatic carbocycles. The highest BCUT2D eigenvalue weighted by Crippen LogP contribution is 2.32. The van der Waals surface area contributed by atoms with E-state index in [9.17, 15) is 5.11 Å². The fourth-order valence-corrected chi connectivity index (χ4v) is 4.78. The predicted octanol–water partition coefficient (Wildman–Crippen LogP) is 4.12. The zero-order valence-corrected chi connectivity index (χ0v) is 20.6. The first-order chi connectivity index (χ1) is 15.2. The molecule has 1 fully saturated rings. The number of morpholine rings is 1. The molecule has 1 saturated heterocycles. The minimum Gasteiger partial charge on any atom is -0.508 e. The Labute approximate surface area is 190 Å². The smallest absolute Gasteiger partial charge is 0.140 e. The number of phenolic OH excluding ortho intramolecular Hbond substituents is 1. The number of nitrogens with zero attached hydrogens (tertiary/aromatic N) is 5. The average molecular weight is 456 g/mol. The van der Waals surface area contributed by atoms with Gasteiger partial charge in [-0.3, -0.25) is 0 Å². The Hall–Kier alpha value is -2.49. The molecule has 1 aliphatic rings. The number of aromatic nitrogens is 4. The molecule has 0 radical (unpaired) electrons. The third kappa shape index (κ3) is 5.28. The summed E-state index contributed by atoms with van der Waals surface area (Å²) in [5.41, 5.74) is 2.37. The van der Waals surface area contributed by atoms with E-state index in [1.807, 2.05) is 16.8 Å². The minimum absolute atomic E-state index is 0.139. The normalized spacial score (nSPS) is 19.6. The Bertz CT molecular complexity index is 1070. The minimum atomic E-state index is -1.17. The maximum absolute atomic E-state index is 10.1. The van der Waals surface area contributed by atoms with Gasteiger partial charge in [-0.15, -0.1) is 0 Å². The molecule has 0 aliphatic carbocycles. The van der Waals surface area contributed by atoms with Gasteiger partial charge in [-0.2, -0.15) is 5.10 Å². The van der Waals surface area contributed by atoms with Crippen molar-refractivity contribution in [1.29, 1.82) is 0 Å². The van der Waals surface area contributed by atoms with Gasteiger partial charge < -0.3 is 19.5 Å². The first-order valence-electron chi connectivity index (χ1n) is 11.2. The number of anilines is 1. The zero-order valence-electron chi connectivity index (χ0n) is 19.6. The topological polar surface area (TPSA) is 85.5 Å². The van der Waals surface area contributed by atoms with E-state index < -0.39 is 8.07 Å².